The number of halogens is 1. The van der Waals surface area contributed by atoms with Crippen molar-refractivity contribution in [3.05, 3.63) is 64.7 Å². The van der Waals surface area contributed by atoms with Gasteiger partial charge in [0.15, 0.2) is 0 Å². The lowest BCUT2D eigenvalue weighted by atomic mass is 9.94. The summed E-state index contributed by atoms with van der Waals surface area (Å²) in [6.45, 7) is 3.94. The zero-order chi connectivity index (χ0) is 14.6. The average Bonchev–Trinajstić information content (AvgIpc) is 2.41. The van der Waals surface area contributed by atoms with E-state index in [-0.39, 0.29) is 0 Å². The first kappa shape index (κ1) is 14.4. The second-order valence-corrected chi connectivity index (χ2v) is 5.68. The van der Waals surface area contributed by atoms with Crippen molar-refractivity contribution < 1.29 is 0 Å². The minimum Gasteiger partial charge on any atom is -0.367 e. The van der Waals surface area contributed by atoms with Gasteiger partial charge in [-0.15, -0.1) is 0 Å². The summed E-state index contributed by atoms with van der Waals surface area (Å²) in [5.41, 5.74) is 2.56. The smallest absolute Gasteiger partial charge is 0.126 e. The van der Waals surface area contributed by atoms with Crippen LogP contribution in [-0.2, 0) is 6.42 Å². The summed E-state index contributed by atoms with van der Waals surface area (Å²) in [5.74, 6) is 0. The van der Waals surface area contributed by atoms with E-state index >= 15 is 0 Å². The van der Waals surface area contributed by atoms with E-state index < -0.39 is 5.54 Å². The molecule has 0 aromatic heterocycles. The van der Waals surface area contributed by atoms with Gasteiger partial charge in [0.25, 0.3) is 0 Å². The summed E-state index contributed by atoms with van der Waals surface area (Å²) in [4.78, 5) is 0. The molecule has 0 aliphatic rings. The highest BCUT2D eigenvalue weighted by Crippen LogP contribution is 2.21. The van der Waals surface area contributed by atoms with Gasteiger partial charge in [0, 0.05) is 17.1 Å². The number of nitriles is 1. The van der Waals surface area contributed by atoms with Crippen molar-refractivity contribution in [2.75, 3.05) is 5.32 Å². The Labute approximate surface area is 125 Å². The molecule has 3 heteroatoms. The number of hydrogen-bond acceptors (Lipinski definition) is 2. The largest absolute Gasteiger partial charge is 0.367 e. The SMILES string of the molecule is Cc1cccc(NC(C)(C#N)Cc2ccc(Cl)cc2)c1. The first-order valence-corrected chi connectivity index (χ1v) is 6.89. The number of anilines is 1. The molecule has 102 valence electrons. The highest BCUT2D eigenvalue weighted by molar-refractivity contribution is 6.30. The monoisotopic (exact) mass is 284 g/mol. The molecule has 0 fully saturated rings. The van der Waals surface area contributed by atoms with E-state index in [1.807, 2.05) is 62.4 Å². The van der Waals surface area contributed by atoms with Crippen molar-refractivity contribution in [3.63, 3.8) is 0 Å². The van der Waals surface area contributed by atoms with Gasteiger partial charge in [-0.05, 0) is 49.2 Å². The summed E-state index contributed by atoms with van der Waals surface area (Å²) in [6.07, 6.45) is 0.620. The summed E-state index contributed by atoms with van der Waals surface area (Å²) in [6, 6.07) is 18.0. The fourth-order valence-corrected chi connectivity index (χ4v) is 2.29. The molecular weight excluding hydrogens is 268 g/mol. The molecule has 0 radical (unpaired) electrons. The fraction of sp³-hybridized carbons (Fsp3) is 0.235. The van der Waals surface area contributed by atoms with Gasteiger partial charge in [0.05, 0.1) is 6.07 Å². The highest BCUT2D eigenvalue weighted by atomic mass is 35.5. The van der Waals surface area contributed by atoms with Crippen molar-refractivity contribution in [1.29, 1.82) is 5.26 Å². The van der Waals surface area contributed by atoms with Gasteiger partial charge < -0.3 is 5.32 Å². The number of hydrogen-bond donors (Lipinski definition) is 1. The van der Waals surface area contributed by atoms with Crippen LogP contribution in [0.15, 0.2) is 48.5 Å². The Morgan fingerprint density at radius 2 is 1.90 bits per heavy atom. The van der Waals surface area contributed by atoms with Crippen molar-refractivity contribution in [2.24, 2.45) is 0 Å². The number of benzene rings is 2. The highest BCUT2D eigenvalue weighted by Gasteiger charge is 2.24. The van der Waals surface area contributed by atoms with Crippen LogP contribution >= 0.6 is 11.6 Å². The third-order valence-electron chi connectivity index (χ3n) is 3.16. The lowest BCUT2D eigenvalue weighted by molar-refractivity contribution is 0.646. The molecule has 2 nitrogen and oxygen atoms in total. The van der Waals surface area contributed by atoms with Crippen LogP contribution in [0.25, 0.3) is 0 Å². The third kappa shape index (κ3) is 3.76. The van der Waals surface area contributed by atoms with Gasteiger partial charge in [-0.25, -0.2) is 0 Å². The van der Waals surface area contributed by atoms with E-state index in [1.165, 1.54) is 5.56 Å². The van der Waals surface area contributed by atoms with Gasteiger partial charge in [0.1, 0.15) is 5.54 Å². The lowest BCUT2D eigenvalue weighted by Crippen LogP contribution is -2.35. The standard InChI is InChI=1S/C17H17ClN2/c1-13-4-3-5-16(10-13)20-17(2,12-19)11-14-6-8-15(18)9-7-14/h3-10,20H,11H2,1-2H3. The predicted molar refractivity (Wildman–Crippen MR) is 84.0 cm³/mol. The molecule has 1 N–H and O–H groups in total. The normalized spacial score (nSPS) is 13.3. The van der Waals surface area contributed by atoms with E-state index in [4.69, 9.17) is 11.6 Å². The van der Waals surface area contributed by atoms with Crippen LogP contribution in [0.2, 0.25) is 5.02 Å². The first-order valence-electron chi connectivity index (χ1n) is 6.51. The Balaban J connectivity index is 2.17. The van der Waals surface area contributed by atoms with E-state index in [2.05, 4.69) is 11.4 Å². The van der Waals surface area contributed by atoms with Crippen molar-refractivity contribution in [2.45, 2.75) is 25.8 Å². The molecule has 0 saturated carbocycles. The molecule has 1 atom stereocenters. The molecule has 1 unspecified atom stereocenters. The molecule has 2 aromatic rings. The predicted octanol–water partition coefficient (Wildman–Crippen LogP) is 4.59. The van der Waals surface area contributed by atoms with Gasteiger partial charge in [0.2, 0.25) is 0 Å². The molecule has 0 saturated heterocycles. The Hall–Kier alpha value is -1.98. The molecule has 2 rings (SSSR count). The molecule has 0 amide bonds. The molecule has 0 spiro atoms. The van der Waals surface area contributed by atoms with Crippen LogP contribution in [-0.4, -0.2) is 5.54 Å². The van der Waals surface area contributed by atoms with Gasteiger partial charge in [-0.1, -0.05) is 35.9 Å². The second-order valence-electron chi connectivity index (χ2n) is 5.24. The van der Waals surface area contributed by atoms with Crippen LogP contribution in [0, 0.1) is 18.3 Å². The van der Waals surface area contributed by atoms with Gasteiger partial charge in [-0.2, -0.15) is 5.26 Å². The molecule has 0 aliphatic heterocycles. The van der Waals surface area contributed by atoms with E-state index in [1.54, 1.807) is 0 Å². The molecule has 0 heterocycles. The van der Waals surface area contributed by atoms with E-state index in [0.717, 1.165) is 11.3 Å². The second kappa shape index (κ2) is 5.98. The van der Waals surface area contributed by atoms with Crippen LogP contribution in [0.4, 0.5) is 5.69 Å². The summed E-state index contributed by atoms with van der Waals surface area (Å²) in [7, 11) is 0. The number of rotatable bonds is 4. The minimum atomic E-state index is -0.651. The minimum absolute atomic E-state index is 0.620. The average molecular weight is 285 g/mol. The maximum Gasteiger partial charge on any atom is 0.126 e. The van der Waals surface area contributed by atoms with Crippen molar-refractivity contribution >= 4 is 17.3 Å². The van der Waals surface area contributed by atoms with E-state index in [0.29, 0.717) is 11.4 Å². The van der Waals surface area contributed by atoms with Crippen molar-refractivity contribution in [1.82, 2.24) is 0 Å². The van der Waals surface area contributed by atoms with Crippen LogP contribution < -0.4 is 5.32 Å². The Kier molecular flexibility index (Phi) is 4.32. The molecule has 20 heavy (non-hydrogen) atoms. The topological polar surface area (TPSA) is 35.8 Å². The maximum atomic E-state index is 9.49. The van der Waals surface area contributed by atoms with Crippen molar-refractivity contribution in [3.8, 4) is 6.07 Å². The summed E-state index contributed by atoms with van der Waals surface area (Å²) in [5, 5.41) is 13.5. The van der Waals surface area contributed by atoms with E-state index in [9.17, 15) is 5.26 Å². The summed E-state index contributed by atoms with van der Waals surface area (Å²) >= 11 is 5.88. The fourth-order valence-electron chi connectivity index (χ4n) is 2.16. The Morgan fingerprint density at radius 3 is 2.50 bits per heavy atom. The first-order chi connectivity index (χ1) is 9.50. The Morgan fingerprint density at radius 1 is 1.20 bits per heavy atom. The maximum absolute atomic E-state index is 9.49. The summed E-state index contributed by atoms with van der Waals surface area (Å²) < 4.78 is 0. The molecule has 0 bridgehead atoms. The number of nitrogens with one attached hydrogen (secondary N) is 1. The van der Waals surface area contributed by atoms with Crippen LogP contribution in [0.5, 0.6) is 0 Å². The Bertz CT molecular complexity index is 628. The lowest BCUT2D eigenvalue weighted by Gasteiger charge is -2.25. The van der Waals surface area contributed by atoms with Gasteiger partial charge in [-0.3, -0.25) is 0 Å². The quantitative estimate of drug-likeness (QED) is 0.891. The van der Waals surface area contributed by atoms with Gasteiger partial charge >= 0.3 is 0 Å². The number of nitrogens with zero attached hydrogens (tertiary/aromatic N) is 1. The zero-order valence-electron chi connectivity index (χ0n) is 11.7. The number of aryl methyl sites for hydroxylation is 1. The molecular formula is C17H17ClN2. The van der Waals surface area contributed by atoms with Crippen LogP contribution in [0.3, 0.4) is 0 Å². The molecule has 2 aromatic carbocycles. The zero-order valence-corrected chi connectivity index (χ0v) is 12.4. The van der Waals surface area contributed by atoms with Crippen LogP contribution in [0.1, 0.15) is 18.1 Å². The third-order valence-corrected chi connectivity index (χ3v) is 3.41. The molecule has 0 aliphatic carbocycles.